The Kier molecular flexibility index (Phi) is 4.34. The zero-order chi connectivity index (χ0) is 14.7. The Morgan fingerprint density at radius 1 is 1.00 bits per heavy atom. The van der Waals surface area contributed by atoms with E-state index in [4.69, 9.17) is 0 Å². The Morgan fingerprint density at radius 3 is 2.38 bits per heavy atom. The molecule has 2 heterocycles. The lowest BCUT2D eigenvalue weighted by Crippen LogP contribution is -2.39. The lowest BCUT2D eigenvalue weighted by Gasteiger charge is -2.23. The number of hydrogen-bond acceptors (Lipinski definition) is 3. The van der Waals surface area contributed by atoms with Gasteiger partial charge < -0.3 is 5.32 Å². The minimum absolute atomic E-state index is 0.154. The van der Waals surface area contributed by atoms with Crippen LogP contribution in [-0.2, 0) is 16.0 Å². The summed E-state index contributed by atoms with van der Waals surface area (Å²) >= 11 is 0. The van der Waals surface area contributed by atoms with Crippen molar-refractivity contribution >= 4 is 11.8 Å². The van der Waals surface area contributed by atoms with Crippen LogP contribution in [0.3, 0.4) is 0 Å². The molecule has 1 aromatic carbocycles. The molecule has 1 atom stereocenters. The zero-order valence-corrected chi connectivity index (χ0v) is 12.2. The van der Waals surface area contributed by atoms with Gasteiger partial charge in [-0.2, -0.15) is 0 Å². The third-order valence-electron chi connectivity index (χ3n) is 4.60. The van der Waals surface area contributed by atoms with Gasteiger partial charge in [0.25, 0.3) is 0 Å². The van der Waals surface area contributed by atoms with Crippen molar-refractivity contribution in [1.29, 1.82) is 0 Å². The van der Waals surface area contributed by atoms with Crippen LogP contribution in [-0.4, -0.2) is 24.9 Å². The maximum Gasteiger partial charge on any atom is 0.234 e. The summed E-state index contributed by atoms with van der Waals surface area (Å²) in [5, 5.41) is 5.81. The fourth-order valence-corrected chi connectivity index (χ4v) is 3.32. The van der Waals surface area contributed by atoms with Crippen molar-refractivity contribution in [2.24, 2.45) is 5.92 Å². The van der Waals surface area contributed by atoms with Crippen molar-refractivity contribution in [2.75, 3.05) is 13.1 Å². The molecule has 3 rings (SSSR count). The molecule has 0 radical (unpaired) electrons. The molecule has 0 aliphatic carbocycles. The summed E-state index contributed by atoms with van der Waals surface area (Å²) in [4.78, 5) is 23.1. The Bertz CT molecular complexity index is 518. The number of benzene rings is 1. The van der Waals surface area contributed by atoms with E-state index in [1.807, 2.05) is 0 Å². The van der Waals surface area contributed by atoms with Crippen LogP contribution in [0.15, 0.2) is 24.3 Å². The minimum Gasteiger partial charge on any atom is -0.317 e. The van der Waals surface area contributed by atoms with Gasteiger partial charge in [-0.1, -0.05) is 24.3 Å². The van der Waals surface area contributed by atoms with Crippen molar-refractivity contribution in [3.63, 3.8) is 0 Å². The first-order valence-corrected chi connectivity index (χ1v) is 7.85. The van der Waals surface area contributed by atoms with Gasteiger partial charge in [0.05, 0.1) is 5.92 Å². The second-order valence-electron chi connectivity index (χ2n) is 6.14. The standard InChI is InChI=1S/C17H22N2O2/c20-16-6-5-15(17(21)19-16)14-3-1-12(2-4-14)11-13-7-9-18-10-8-13/h1-4,13,15,18H,5-11H2,(H,19,20,21). The Morgan fingerprint density at radius 2 is 1.71 bits per heavy atom. The van der Waals surface area contributed by atoms with Crippen molar-refractivity contribution in [3.05, 3.63) is 35.4 Å². The number of imide groups is 1. The molecule has 4 heteroatoms. The molecule has 21 heavy (non-hydrogen) atoms. The second kappa shape index (κ2) is 6.39. The fourth-order valence-electron chi connectivity index (χ4n) is 3.32. The number of hydrogen-bond donors (Lipinski definition) is 2. The predicted octanol–water partition coefficient (Wildman–Crippen LogP) is 1.75. The van der Waals surface area contributed by atoms with Crippen molar-refractivity contribution < 1.29 is 9.59 Å². The van der Waals surface area contributed by atoms with Crippen LogP contribution in [0.4, 0.5) is 0 Å². The quantitative estimate of drug-likeness (QED) is 0.832. The van der Waals surface area contributed by atoms with E-state index in [2.05, 4.69) is 34.9 Å². The molecule has 2 N–H and O–H groups in total. The van der Waals surface area contributed by atoms with Gasteiger partial charge in [-0.25, -0.2) is 0 Å². The third-order valence-corrected chi connectivity index (χ3v) is 4.60. The average Bonchev–Trinajstić information content (AvgIpc) is 2.49. The summed E-state index contributed by atoms with van der Waals surface area (Å²) in [5.74, 6) is 0.291. The number of nitrogens with one attached hydrogen (secondary N) is 2. The highest BCUT2D eigenvalue weighted by Crippen LogP contribution is 2.26. The van der Waals surface area contributed by atoms with Crippen LogP contribution in [0.5, 0.6) is 0 Å². The highest BCUT2D eigenvalue weighted by Gasteiger charge is 2.27. The number of carbonyl (C=O) groups is 2. The van der Waals surface area contributed by atoms with Crippen molar-refractivity contribution in [1.82, 2.24) is 10.6 Å². The van der Waals surface area contributed by atoms with Gasteiger partial charge >= 0.3 is 0 Å². The van der Waals surface area contributed by atoms with Gasteiger partial charge in [0.15, 0.2) is 0 Å². The summed E-state index contributed by atoms with van der Waals surface area (Å²) in [5.41, 5.74) is 2.37. The van der Waals surface area contributed by atoms with E-state index >= 15 is 0 Å². The van der Waals surface area contributed by atoms with E-state index in [-0.39, 0.29) is 17.7 Å². The van der Waals surface area contributed by atoms with Gasteiger partial charge in [0, 0.05) is 6.42 Å². The summed E-state index contributed by atoms with van der Waals surface area (Å²) in [7, 11) is 0. The summed E-state index contributed by atoms with van der Waals surface area (Å²) in [6.07, 6.45) is 4.67. The molecule has 2 aliphatic rings. The molecule has 112 valence electrons. The van der Waals surface area contributed by atoms with Crippen LogP contribution in [0, 0.1) is 5.92 Å². The average molecular weight is 286 g/mol. The molecule has 0 saturated carbocycles. The molecule has 2 aliphatic heterocycles. The topological polar surface area (TPSA) is 58.2 Å². The summed E-state index contributed by atoms with van der Waals surface area (Å²) < 4.78 is 0. The lowest BCUT2D eigenvalue weighted by molar-refractivity contribution is -0.134. The number of amides is 2. The van der Waals surface area contributed by atoms with E-state index in [0.29, 0.717) is 12.8 Å². The highest BCUT2D eigenvalue weighted by molar-refractivity contribution is 6.00. The van der Waals surface area contributed by atoms with Gasteiger partial charge in [0.2, 0.25) is 11.8 Å². The first-order chi connectivity index (χ1) is 10.2. The van der Waals surface area contributed by atoms with Gasteiger partial charge in [-0.15, -0.1) is 0 Å². The Balaban J connectivity index is 1.63. The van der Waals surface area contributed by atoms with Crippen molar-refractivity contribution in [2.45, 2.75) is 38.0 Å². The van der Waals surface area contributed by atoms with E-state index in [0.717, 1.165) is 31.0 Å². The minimum atomic E-state index is -0.171. The smallest absolute Gasteiger partial charge is 0.234 e. The molecule has 1 aromatic rings. The van der Waals surface area contributed by atoms with Gasteiger partial charge in [-0.05, 0) is 55.8 Å². The Labute approximate surface area is 125 Å². The molecule has 1 unspecified atom stereocenters. The highest BCUT2D eigenvalue weighted by atomic mass is 16.2. The maximum atomic E-state index is 11.9. The first-order valence-electron chi connectivity index (χ1n) is 7.85. The number of rotatable bonds is 3. The molecule has 2 saturated heterocycles. The number of carbonyl (C=O) groups excluding carboxylic acids is 2. The van der Waals surface area contributed by atoms with Crippen LogP contribution in [0.2, 0.25) is 0 Å². The molecule has 0 aromatic heterocycles. The molecule has 2 fully saturated rings. The molecule has 2 amide bonds. The van der Waals surface area contributed by atoms with Gasteiger partial charge in [-0.3, -0.25) is 14.9 Å². The molecular formula is C17H22N2O2. The summed E-state index contributed by atoms with van der Waals surface area (Å²) in [6, 6.07) is 8.38. The largest absolute Gasteiger partial charge is 0.317 e. The first kappa shape index (κ1) is 14.3. The fraction of sp³-hybridized carbons (Fsp3) is 0.529. The maximum absolute atomic E-state index is 11.9. The Hall–Kier alpha value is -1.68. The number of piperidine rings is 2. The monoisotopic (exact) mass is 286 g/mol. The van der Waals surface area contributed by atoms with Crippen LogP contribution >= 0.6 is 0 Å². The normalized spacial score (nSPS) is 23.9. The van der Waals surface area contributed by atoms with Crippen molar-refractivity contribution in [3.8, 4) is 0 Å². The van der Waals surface area contributed by atoms with Crippen LogP contribution in [0.1, 0.15) is 42.7 Å². The molecular weight excluding hydrogens is 264 g/mol. The zero-order valence-electron chi connectivity index (χ0n) is 12.2. The summed E-state index contributed by atoms with van der Waals surface area (Å²) in [6.45, 7) is 2.25. The van der Waals surface area contributed by atoms with E-state index in [1.54, 1.807) is 0 Å². The lowest BCUT2D eigenvalue weighted by atomic mass is 9.87. The van der Waals surface area contributed by atoms with Gasteiger partial charge in [0.1, 0.15) is 0 Å². The SMILES string of the molecule is O=C1CCC(c2ccc(CC3CCNCC3)cc2)C(=O)N1. The van der Waals surface area contributed by atoms with E-state index in [1.165, 1.54) is 18.4 Å². The molecule has 0 bridgehead atoms. The van der Waals surface area contributed by atoms with E-state index in [9.17, 15) is 9.59 Å². The van der Waals surface area contributed by atoms with E-state index < -0.39 is 0 Å². The third kappa shape index (κ3) is 3.50. The predicted molar refractivity (Wildman–Crippen MR) is 80.9 cm³/mol. The van der Waals surface area contributed by atoms with Crippen LogP contribution < -0.4 is 10.6 Å². The molecule has 4 nitrogen and oxygen atoms in total. The second-order valence-corrected chi connectivity index (χ2v) is 6.14. The van der Waals surface area contributed by atoms with Crippen LogP contribution in [0.25, 0.3) is 0 Å². The molecule has 0 spiro atoms.